The summed E-state index contributed by atoms with van der Waals surface area (Å²) >= 11 is 6.18. The minimum Gasteiger partial charge on any atom is -0.465 e. The molecule has 1 amide bonds. The van der Waals surface area contributed by atoms with Crippen molar-refractivity contribution in [2.75, 3.05) is 43.1 Å². The van der Waals surface area contributed by atoms with Gasteiger partial charge >= 0.3 is 0 Å². The zero-order valence-corrected chi connectivity index (χ0v) is 16.5. The van der Waals surface area contributed by atoms with Gasteiger partial charge in [0.25, 0.3) is 11.8 Å². The molecule has 1 aromatic heterocycles. The van der Waals surface area contributed by atoms with E-state index in [1.807, 2.05) is 54.6 Å². The average molecular weight is 413 g/mol. The van der Waals surface area contributed by atoms with E-state index < -0.39 is 0 Å². The van der Waals surface area contributed by atoms with Gasteiger partial charge in [0.15, 0.2) is 6.61 Å². The van der Waals surface area contributed by atoms with E-state index in [9.17, 15) is 4.79 Å². The zero-order chi connectivity index (χ0) is 20.1. The van der Waals surface area contributed by atoms with Gasteiger partial charge < -0.3 is 19.7 Å². The maximum atomic E-state index is 12.2. The van der Waals surface area contributed by atoms with Crippen LogP contribution in [-0.2, 0) is 9.53 Å². The molecule has 7 nitrogen and oxygen atoms in total. The first-order valence-electron chi connectivity index (χ1n) is 9.35. The first-order chi connectivity index (χ1) is 14.2. The standard InChI is InChI=1S/C21H21ClN4O3/c22-19-14-26(18-4-2-1-3-5-18)24-21(19)29-15-20(27)23-16-6-8-17(9-7-16)25-10-12-28-13-11-25/h1-9,14H,10-13,15H2,(H,23,27). The number of carbonyl (C=O) groups excluding carboxylic acids is 1. The van der Waals surface area contributed by atoms with Crippen molar-refractivity contribution in [1.29, 1.82) is 0 Å². The molecule has 0 aliphatic carbocycles. The van der Waals surface area contributed by atoms with Crippen molar-refractivity contribution in [3.8, 4) is 11.6 Å². The predicted molar refractivity (Wildman–Crippen MR) is 112 cm³/mol. The number of nitrogens with zero attached hydrogens (tertiary/aromatic N) is 3. The number of ether oxygens (including phenoxy) is 2. The molecule has 8 heteroatoms. The SMILES string of the molecule is O=C(COc1nn(-c2ccccc2)cc1Cl)Nc1ccc(N2CCOCC2)cc1. The topological polar surface area (TPSA) is 68.6 Å². The number of amides is 1. The molecule has 2 heterocycles. The fourth-order valence-corrected chi connectivity index (χ4v) is 3.24. The lowest BCUT2D eigenvalue weighted by atomic mass is 10.2. The number of hydrogen-bond donors (Lipinski definition) is 1. The van der Waals surface area contributed by atoms with Gasteiger partial charge in [0.05, 0.1) is 25.1 Å². The molecule has 1 aliphatic heterocycles. The monoisotopic (exact) mass is 412 g/mol. The zero-order valence-electron chi connectivity index (χ0n) is 15.8. The van der Waals surface area contributed by atoms with Crippen LogP contribution in [0.1, 0.15) is 0 Å². The highest BCUT2D eigenvalue weighted by Crippen LogP contribution is 2.24. The molecule has 1 N–H and O–H groups in total. The number of para-hydroxylation sites is 1. The van der Waals surface area contributed by atoms with E-state index in [4.69, 9.17) is 21.1 Å². The van der Waals surface area contributed by atoms with Crippen molar-refractivity contribution >= 4 is 28.9 Å². The van der Waals surface area contributed by atoms with Crippen LogP contribution in [0.2, 0.25) is 5.02 Å². The summed E-state index contributed by atoms with van der Waals surface area (Å²) in [5.41, 5.74) is 2.67. The summed E-state index contributed by atoms with van der Waals surface area (Å²) in [7, 11) is 0. The highest BCUT2D eigenvalue weighted by Gasteiger charge is 2.13. The highest BCUT2D eigenvalue weighted by molar-refractivity contribution is 6.31. The molecule has 1 aliphatic rings. The Morgan fingerprint density at radius 2 is 1.79 bits per heavy atom. The summed E-state index contributed by atoms with van der Waals surface area (Å²) in [6.45, 7) is 3.03. The fraction of sp³-hybridized carbons (Fsp3) is 0.238. The molecule has 3 aromatic rings. The molecule has 0 atom stereocenters. The van der Waals surface area contributed by atoms with Gasteiger partial charge in [-0.3, -0.25) is 4.79 Å². The minimum atomic E-state index is -0.283. The van der Waals surface area contributed by atoms with Crippen LogP contribution in [0.25, 0.3) is 5.69 Å². The van der Waals surface area contributed by atoms with E-state index in [2.05, 4.69) is 15.3 Å². The summed E-state index contributed by atoms with van der Waals surface area (Å²) in [6.07, 6.45) is 1.65. The molecule has 0 saturated carbocycles. The Kier molecular flexibility index (Phi) is 5.97. The molecule has 29 heavy (non-hydrogen) atoms. The summed E-state index contributed by atoms with van der Waals surface area (Å²) in [6, 6.07) is 17.3. The Morgan fingerprint density at radius 1 is 1.07 bits per heavy atom. The van der Waals surface area contributed by atoms with Gasteiger partial charge in [-0.25, -0.2) is 4.68 Å². The minimum absolute atomic E-state index is 0.184. The van der Waals surface area contributed by atoms with Crippen LogP contribution in [0, 0.1) is 0 Å². The number of nitrogens with one attached hydrogen (secondary N) is 1. The lowest BCUT2D eigenvalue weighted by Crippen LogP contribution is -2.36. The summed E-state index contributed by atoms with van der Waals surface area (Å²) in [5, 5.41) is 7.45. The lowest BCUT2D eigenvalue weighted by Gasteiger charge is -2.28. The maximum Gasteiger partial charge on any atom is 0.262 e. The molecule has 0 radical (unpaired) electrons. The number of aromatic nitrogens is 2. The van der Waals surface area contributed by atoms with Crippen LogP contribution in [0.5, 0.6) is 5.88 Å². The van der Waals surface area contributed by atoms with Gasteiger partial charge in [0.1, 0.15) is 5.02 Å². The van der Waals surface area contributed by atoms with E-state index in [1.165, 1.54) is 0 Å². The van der Waals surface area contributed by atoms with E-state index in [0.717, 1.165) is 37.7 Å². The smallest absolute Gasteiger partial charge is 0.262 e. The average Bonchev–Trinajstić information content (AvgIpc) is 3.15. The van der Waals surface area contributed by atoms with Gasteiger partial charge in [0, 0.05) is 24.5 Å². The van der Waals surface area contributed by atoms with E-state index in [1.54, 1.807) is 10.9 Å². The number of anilines is 2. The van der Waals surface area contributed by atoms with Gasteiger partial charge in [0.2, 0.25) is 0 Å². The Labute approximate surface area is 173 Å². The number of halogens is 1. The van der Waals surface area contributed by atoms with E-state index >= 15 is 0 Å². The molecule has 4 rings (SSSR count). The molecule has 0 spiro atoms. The molecule has 150 valence electrons. The van der Waals surface area contributed by atoms with Crippen LogP contribution >= 0.6 is 11.6 Å². The lowest BCUT2D eigenvalue weighted by molar-refractivity contribution is -0.118. The van der Waals surface area contributed by atoms with Crippen LogP contribution in [0.3, 0.4) is 0 Å². The van der Waals surface area contributed by atoms with Crippen LogP contribution in [-0.4, -0.2) is 48.6 Å². The van der Waals surface area contributed by atoms with Gasteiger partial charge in [-0.1, -0.05) is 29.8 Å². The van der Waals surface area contributed by atoms with Crippen molar-refractivity contribution in [2.45, 2.75) is 0 Å². The third kappa shape index (κ3) is 4.88. The Morgan fingerprint density at radius 3 is 2.52 bits per heavy atom. The molecule has 1 saturated heterocycles. The van der Waals surface area contributed by atoms with Crippen LogP contribution < -0.4 is 15.0 Å². The second-order valence-corrected chi connectivity index (χ2v) is 6.95. The largest absolute Gasteiger partial charge is 0.465 e. The molecule has 2 aromatic carbocycles. The quantitative estimate of drug-likeness (QED) is 0.672. The predicted octanol–water partition coefficient (Wildman–Crippen LogP) is 3.38. The number of benzene rings is 2. The second-order valence-electron chi connectivity index (χ2n) is 6.55. The van der Waals surface area contributed by atoms with Gasteiger partial charge in [-0.05, 0) is 36.4 Å². The summed E-state index contributed by atoms with van der Waals surface area (Å²) < 4.78 is 12.5. The molecular weight excluding hydrogens is 392 g/mol. The third-order valence-corrected chi connectivity index (χ3v) is 4.79. The number of carbonyl (C=O) groups is 1. The third-order valence-electron chi connectivity index (χ3n) is 4.53. The molecular formula is C21H21ClN4O3. The van der Waals surface area contributed by atoms with Gasteiger partial charge in [-0.15, -0.1) is 5.10 Å². The Hall–Kier alpha value is -3.03. The normalized spacial score (nSPS) is 13.9. The first-order valence-corrected chi connectivity index (χ1v) is 9.73. The Bertz CT molecular complexity index is 954. The molecule has 1 fully saturated rings. The number of hydrogen-bond acceptors (Lipinski definition) is 5. The first kappa shape index (κ1) is 19.3. The number of rotatable bonds is 6. The van der Waals surface area contributed by atoms with Crippen LogP contribution in [0.15, 0.2) is 60.8 Å². The summed E-state index contributed by atoms with van der Waals surface area (Å²) in [5.74, 6) is -0.0669. The van der Waals surface area contributed by atoms with Crippen molar-refractivity contribution in [1.82, 2.24) is 9.78 Å². The maximum absolute atomic E-state index is 12.2. The number of morpholine rings is 1. The van der Waals surface area contributed by atoms with Crippen molar-refractivity contribution in [3.05, 3.63) is 65.8 Å². The van der Waals surface area contributed by atoms with E-state index in [0.29, 0.717) is 10.7 Å². The fourth-order valence-electron chi connectivity index (χ4n) is 3.06. The van der Waals surface area contributed by atoms with Crippen molar-refractivity contribution in [2.24, 2.45) is 0 Å². The molecule has 0 unspecified atom stereocenters. The van der Waals surface area contributed by atoms with E-state index in [-0.39, 0.29) is 18.4 Å². The molecule has 0 bridgehead atoms. The summed E-state index contributed by atoms with van der Waals surface area (Å²) in [4.78, 5) is 14.5. The second kappa shape index (κ2) is 8.98. The van der Waals surface area contributed by atoms with Crippen molar-refractivity contribution in [3.63, 3.8) is 0 Å². The van der Waals surface area contributed by atoms with Crippen LogP contribution in [0.4, 0.5) is 11.4 Å². The Balaban J connectivity index is 1.32. The highest BCUT2D eigenvalue weighted by atomic mass is 35.5. The van der Waals surface area contributed by atoms with Crippen molar-refractivity contribution < 1.29 is 14.3 Å². The van der Waals surface area contributed by atoms with Gasteiger partial charge in [-0.2, -0.15) is 0 Å².